The van der Waals surface area contributed by atoms with Gasteiger partial charge in [0.2, 0.25) is 0 Å². The maximum absolute atomic E-state index is 12.0. The number of carbonyl (C=O) groups excluding carboxylic acids is 1. The molecule has 0 unspecified atom stereocenters. The Hall–Kier alpha value is -1.81. The molecule has 0 fully saturated rings. The number of carbonyl (C=O) groups is 1. The number of anilines is 1. The van der Waals surface area contributed by atoms with Crippen LogP contribution >= 0.6 is 11.3 Å². The second kappa shape index (κ2) is 6.09. The number of ether oxygens (including phenoxy) is 1. The molecule has 0 aliphatic carbocycles. The second-order valence-corrected chi connectivity index (χ2v) is 5.80. The van der Waals surface area contributed by atoms with E-state index >= 15 is 0 Å². The highest BCUT2D eigenvalue weighted by molar-refractivity contribution is 7.14. The van der Waals surface area contributed by atoms with Gasteiger partial charge >= 0.3 is 5.97 Å². The van der Waals surface area contributed by atoms with Gasteiger partial charge < -0.3 is 10.5 Å². The van der Waals surface area contributed by atoms with Gasteiger partial charge in [0.1, 0.15) is 10.6 Å². The van der Waals surface area contributed by atoms with Crippen molar-refractivity contribution >= 4 is 22.3 Å². The first-order valence-corrected chi connectivity index (χ1v) is 7.57. The van der Waals surface area contributed by atoms with E-state index in [0.717, 1.165) is 11.1 Å². The van der Waals surface area contributed by atoms with E-state index in [9.17, 15) is 4.79 Å². The molecular weight excluding hydrogens is 270 g/mol. The molecule has 2 N–H and O–H groups in total. The van der Waals surface area contributed by atoms with Crippen LogP contribution in [0.4, 0.5) is 5.00 Å². The largest absolute Gasteiger partial charge is 0.462 e. The summed E-state index contributed by atoms with van der Waals surface area (Å²) in [7, 11) is 0. The van der Waals surface area contributed by atoms with Gasteiger partial charge in [-0.05, 0) is 24.0 Å². The summed E-state index contributed by atoms with van der Waals surface area (Å²) in [6, 6.07) is 8.23. The summed E-state index contributed by atoms with van der Waals surface area (Å²) in [4.78, 5) is 12.0. The number of benzene rings is 1. The molecule has 2 aromatic rings. The van der Waals surface area contributed by atoms with E-state index < -0.39 is 0 Å². The van der Waals surface area contributed by atoms with E-state index in [1.54, 1.807) is 6.92 Å². The Morgan fingerprint density at radius 3 is 2.50 bits per heavy atom. The van der Waals surface area contributed by atoms with Crippen LogP contribution < -0.4 is 5.73 Å². The Morgan fingerprint density at radius 1 is 1.30 bits per heavy atom. The molecule has 0 saturated heterocycles. The van der Waals surface area contributed by atoms with Crippen LogP contribution in [-0.2, 0) is 4.74 Å². The van der Waals surface area contributed by atoms with Crippen LogP contribution in [0, 0.1) is 0 Å². The van der Waals surface area contributed by atoms with Crippen LogP contribution in [0.5, 0.6) is 0 Å². The van der Waals surface area contributed by atoms with Crippen molar-refractivity contribution in [2.75, 3.05) is 12.3 Å². The lowest BCUT2D eigenvalue weighted by Crippen LogP contribution is -2.07. The van der Waals surface area contributed by atoms with Gasteiger partial charge in [-0.1, -0.05) is 38.1 Å². The van der Waals surface area contributed by atoms with Crippen molar-refractivity contribution in [3.8, 4) is 11.1 Å². The number of esters is 1. The minimum absolute atomic E-state index is 0.347. The monoisotopic (exact) mass is 289 g/mol. The molecule has 2 rings (SSSR count). The van der Waals surface area contributed by atoms with Crippen LogP contribution in [0.15, 0.2) is 29.6 Å². The van der Waals surface area contributed by atoms with Crippen LogP contribution in [-0.4, -0.2) is 12.6 Å². The molecule has 1 aromatic carbocycles. The molecule has 3 nitrogen and oxygen atoms in total. The minimum Gasteiger partial charge on any atom is -0.462 e. The molecule has 1 heterocycles. The summed E-state index contributed by atoms with van der Waals surface area (Å²) >= 11 is 1.37. The van der Waals surface area contributed by atoms with Crippen molar-refractivity contribution in [2.45, 2.75) is 26.7 Å². The van der Waals surface area contributed by atoms with Crippen LogP contribution in [0.25, 0.3) is 11.1 Å². The maximum Gasteiger partial charge on any atom is 0.341 e. The molecule has 0 bridgehead atoms. The smallest absolute Gasteiger partial charge is 0.341 e. The standard InChI is InChI=1S/C16H19NO2S/c1-4-19-16(18)14-13(9-20-15(14)17)12-7-5-11(6-8-12)10(2)3/h5-10H,4,17H2,1-3H3. The highest BCUT2D eigenvalue weighted by Crippen LogP contribution is 2.34. The van der Waals surface area contributed by atoms with E-state index in [0.29, 0.717) is 23.1 Å². The highest BCUT2D eigenvalue weighted by atomic mass is 32.1. The molecule has 0 aliphatic rings. The summed E-state index contributed by atoms with van der Waals surface area (Å²) < 4.78 is 5.08. The van der Waals surface area contributed by atoms with Crippen molar-refractivity contribution in [1.82, 2.24) is 0 Å². The van der Waals surface area contributed by atoms with Crippen LogP contribution in [0.1, 0.15) is 42.6 Å². The molecule has 4 heteroatoms. The number of hydrogen-bond acceptors (Lipinski definition) is 4. The van der Waals surface area contributed by atoms with Crippen molar-refractivity contribution in [3.05, 3.63) is 40.8 Å². The number of hydrogen-bond donors (Lipinski definition) is 1. The third-order valence-corrected chi connectivity index (χ3v) is 4.00. The number of nitrogens with two attached hydrogens (primary N) is 1. The van der Waals surface area contributed by atoms with Gasteiger partial charge in [0.05, 0.1) is 6.61 Å². The Bertz CT molecular complexity index is 599. The molecule has 0 aliphatic heterocycles. The van der Waals surface area contributed by atoms with Crippen LogP contribution in [0.3, 0.4) is 0 Å². The Morgan fingerprint density at radius 2 is 1.95 bits per heavy atom. The van der Waals surface area contributed by atoms with Gasteiger partial charge in [-0.25, -0.2) is 4.79 Å². The number of nitrogen functional groups attached to an aromatic ring is 1. The van der Waals surface area contributed by atoms with Crippen molar-refractivity contribution in [2.24, 2.45) is 0 Å². The van der Waals surface area contributed by atoms with E-state index in [2.05, 4.69) is 26.0 Å². The molecule has 0 radical (unpaired) electrons. The quantitative estimate of drug-likeness (QED) is 0.854. The third kappa shape index (κ3) is 2.85. The molecule has 106 valence electrons. The first-order valence-electron chi connectivity index (χ1n) is 6.69. The lowest BCUT2D eigenvalue weighted by molar-refractivity contribution is 0.0529. The molecule has 1 aromatic heterocycles. The SMILES string of the molecule is CCOC(=O)c1c(-c2ccc(C(C)C)cc2)csc1N. The molecular formula is C16H19NO2S. The van der Waals surface area contributed by atoms with Gasteiger partial charge in [-0.3, -0.25) is 0 Å². The van der Waals surface area contributed by atoms with Crippen molar-refractivity contribution in [1.29, 1.82) is 0 Å². The van der Waals surface area contributed by atoms with Gasteiger partial charge in [-0.2, -0.15) is 0 Å². The van der Waals surface area contributed by atoms with E-state index in [-0.39, 0.29) is 5.97 Å². The average Bonchev–Trinajstić information content (AvgIpc) is 2.81. The number of thiophene rings is 1. The fourth-order valence-corrected chi connectivity index (χ4v) is 2.86. The fourth-order valence-electron chi connectivity index (χ4n) is 2.05. The molecule has 0 saturated carbocycles. The summed E-state index contributed by atoms with van der Waals surface area (Å²) in [6.07, 6.45) is 0. The molecule has 0 atom stereocenters. The Labute approximate surface area is 123 Å². The molecule has 0 spiro atoms. The Balaban J connectivity index is 2.40. The van der Waals surface area contributed by atoms with E-state index in [1.165, 1.54) is 16.9 Å². The Kier molecular flexibility index (Phi) is 4.45. The second-order valence-electron chi connectivity index (χ2n) is 4.89. The highest BCUT2D eigenvalue weighted by Gasteiger charge is 2.19. The van der Waals surface area contributed by atoms with Gasteiger partial charge in [0.15, 0.2) is 0 Å². The average molecular weight is 289 g/mol. The summed E-state index contributed by atoms with van der Waals surface area (Å²) in [6.45, 7) is 6.45. The van der Waals surface area contributed by atoms with Gasteiger partial charge in [-0.15, -0.1) is 11.3 Å². The van der Waals surface area contributed by atoms with Crippen LogP contribution in [0.2, 0.25) is 0 Å². The summed E-state index contributed by atoms with van der Waals surface area (Å²) in [5, 5.41) is 2.41. The molecule has 20 heavy (non-hydrogen) atoms. The normalized spacial score (nSPS) is 10.8. The topological polar surface area (TPSA) is 52.3 Å². The lowest BCUT2D eigenvalue weighted by atomic mass is 9.98. The van der Waals surface area contributed by atoms with Crippen molar-refractivity contribution < 1.29 is 9.53 Å². The van der Waals surface area contributed by atoms with Gasteiger partial charge in [0.25, 0.3) is 0 Å². The van der Waals surface area contributed by atoms with Gasteiger partial charge in [0, 0.05) is 10.9 Å². The lowest BCUT2D eigenvalue weighted by Gasteiger charge is -2.08. The zero-order valence-electron chi connectivity index (χ0n) is 12.0. The predicted molar refractivity (Wildman–Crippen MR) is 84.2 cm³/mol. The fraction of sp³-hybridized carbons (Fsp3) is 0.312. The minimum atomic E-state index is -0.353. The number of rotatable bonds is 4. The maximum atomic E-state index is 12.0. The van der Waals surface area contributed by atoms with Crippen molar-refractivity contribution in [3.63, 3.8) is 0 Å². The van der Waals surface area contributed by atoms with E-state index in [4.69, 9.17) is 10.5 Å². The van der Waals surface area contributed by atoms with E-state index in [1.807, 2.05) is 17.5 Å². The zero-order chi connectivity index (χ0) is 14.7. The zero-order valence-corrected chi connectivity index (χ0v) is 12.8. The first kappa shape index (κ1) is 14.6. The molecule has 0 amide bonds. The summed E-state index contributed by atoms with van der Waals surface area (Å²) in [5.41, 5.74) is 9.50. The first-order chi connectivity index (χ1) is 9.54. The third-order valence-electron chi connectivity index (χ3n) is 3.19. The summed E-state index contributed by atoms with van der Waals surface area (Å²) in [5.74, 6) is 0.135. The predicted octanol–water partition coefficient (Wildman–Crippen LogP) is 4.30.